The van der Waals surface area contributed by atoms with Gasteiger partial charge < -0.3 is 5.32 Å². The maximum atomic E-state index is 10.7. The Hall–Kier alpha value is -1.65. The van der Waals surface area contributed by atoms with Gasteiger partial charge in [-0.2, -0.15) is 5.10 Å². The number of nitrogens with zero attached hydrogens (tertiary/aromatic N) is 2. The third-order valence-corrected chi connectivity index (χ3v) is 1.33. The molecular weight excluding hydrogens is 170 g/mol. The zero-order valence-corrected chi connectivity index (χ0v) is 7.57. The van der Waals surface area contributed by atoms with Crippen molar-refractivity contribution in [2.75, 3.05) is 5.32 Å². The highest BCUT2D eigenvalue weighted by molar-refractivity contribution is 5.87. The standard InChI is InChI=1S/C8H11N3O2/c1-6(12)5-11-4-3-8(10-11)9-7(2)13/h3-4H,5H2,1-2H3,(H,9,10,13). The van der Waals surface area contributed by atoms with Gasteiger partial charge in [-0.25, -0.2) is 0 Å². The summed E-state index contributed by atoms with van der Waals surface area (Å²) in [4.78, 5) is 21.3. The Bertz CT molecular complexity index is 299. The molecule has 0 aliphatic heterocycles. The third-order valence-electron chi connectivity index (χ3n) is 1.33. The minimum atomic E-state index is -0.173. The topological polar surface area (TPSA) is 64.0 Å². The number of anilines is 1. The van der Waals surface area contributed by atoms with Crippen molar-refractivity contribution in [2.45, 2.75) is 20.4 Å². The normalized spacial score (nSPS) is 9.69. The number of hydrogen-bond donors (Lipinski definition) is 1. The number of amides is 1. The lowest BCUT2D eigenvalue weighted by Gasteiger charge is -1.96. The van der Waals surface area contributed by atoms with Gasteiger partial charge in [0.1, 0.15) is 0 Å². The summed E-state index contributed by atoms with van der Waals surface area (Å²) in [7, 11) is 0. The number of Topliss-reactive ketones (excluding diaryl/α,β-unsaturated/α-hetero) is 1. The first-order valence-corrected chi connectivity index (χ1v) is 3.88. The average molecular weight is 181 g/mol. The molecule has 1 amide bonds. The van der Waals surface area contributed by atoms with Crippen molar-refractivity contribution in [2.24, 2.45) is 0 Å². The second-order valence-corrected chi connectivity index (χ2v) is 2.78. The number of rotatable bonds is 3. The Morgan fingerprint density at radius 2 is 2.23 bits per heavy atom. The number of hydrogen-bond acceptors (Lipinski definition) is 3. The number of aromatic nitrogens is 2. The van der Waals surface area contributed by atoms with Gasteiger partial charge in [-0.3, -0.25) is 14.3 Å². The molecule has 70 valence electrons. The molecule has 5 heteroatoms. The lowest BCUT2D eigenvalue weighted by atomic mass is 10.4. The van der Waals surface area contributed by atoms with E-state index in [0.29, 0.717) is 5.82 Å². The van der Waals surface area contributed by atoms with Crippen LogP contribution in [-0.4, -0.2) is 21.5 Å². The van der Waals surface area contributed by atoms with E-state index in [4.69, 9.17) is 0 Å². The van der Waals surface area contributed by atoms with E-state index in [1.165, 1.54) is 18.5 Å². The minimum Gasteiger partial charge on any atom is -0.309 e. The van der Waals surface area contributed by atoms with Crippen LogP contribution in [0.1, 0.15) is 13.8 Å². The highest BCUT2D eigenvalue weighted by Gasteiger charge is 2.01. The summed E-state index contributed by atoms with van der Waals surface area (Å²) in [5.74, 6) is 0.319. The molecule has 1 N–H and O–H groups in total. The number of nitrogens with one attached hydrogen (secondary N) is 1. The summed E-state index contributed by atoms with van der Waals surface area (Å²) in [6.45, 7) is 3.13. The molecule has 5 nitrogen and oxygen atoms in total. The summed E-state index contributed by atoms with van der Waals surface area (Å²) >= 11 is 0. The van der Waals surface area contributed by atoms with Gasteiger partial charge in [0.15, 0.2) is 11.6 Å². The fourth-order valence-corrected chi connectivity index (χ4v) is 0.925. The maximum absolute atomic E-state index is 10.7. The zero-order chi connectivity index (χ0) is 9.84. The SMILES string of the molecule is CC(=O)Cn1ccc(NC(C)=O)n1. The first kappa shape index (κ1) is 9.44. The Kier molecular flexibility index (Phi) is 2.79. The molecule has 1 aromatic heterocycles. The number of carbonyl (C=O) groups is 2. The van der Waals surface area contributed by atoms with Gasteiger partial charge in [0, 0.05) is 19.2 Å². The molecule has 0 atom stereocenters. The highest BCUT2D eigenvalue weighted by Crippen LogP contribution is 2.01. The predicted molar refractivity (Wildman–Crippen MR) is 47.2 cm³/mol. The van der Waals surface area contributed by atoms with E-state index < -0.39 is 0 Å². The lowest BCUT2D eigenvalue weighted by molar-refractivity contribution is -0.117. The molecule has 1 heterocycles. The van der Waals surface area contributed by atoms with Crippen LogP contribution in [0.2, 0.25) is 0 Å². The fourth-order valence-electron chi connectivity index (χ4n) is 0.925. The van der Waals surface area contributed by atoms with Gasteiger partial charge >= 0.3 is 0 Å². The van der Waals surface area contributed by atoms with Crippen molar-refractivity contribution in [1.29, 1.82) is 0 Å². The quantitative estimate of drug-likeness (QED) is 0.735. The fraction of sp³-hybridized carbons (Fsp3) is 0.375. The first-order chi connectivity index (χ1) is 6.08. The van der Waals surface area contributed by atoms with E-state index >= 15 is 0 Å². The molecule has 1 rings (SSSR count). The summed E-state index contributed by atoms with van der Waals surface area (Å²) in [5, 5.41) is 6.47. The smallest absolute Gasteiger partial charge is 0.222 e. The van der Waals surface area contributed by atoms with E-state index in [2.05, 4.69) is 10.4 Å². The monoisotopic (exact) mass is 181 g/mol. The second kappa shape index (κ2) is 3.84. The molecule has 13 heavy (non-hydrogen) atoms. The van der Waals surface area contributed by atoms with E-state index in [9.17, 15) is 9.59 Å². The molecular formula is C8H11N3O2. The molecule has 0 saturated heterocycles. The first-order valence-electron chi connectivity index (χ1n) is 3.88. The summed E-state index contributed by atoms with van der Waals surface area (Å²) in [5.41, 5.74) is 0. The Labute approximate surface area is 75.7 Å². The molecule has 0 radical (unpaired) electrons. The molecule has 0 aromatic carbocycles. The molecule has 1 aromatic rings. The summed E-state index contributed by atoms with van der Waals surface area (Å²) < 4.78 is 1.48. The molecule has 0 aliphatic carbocycles. The molecule has 0 fully saturated rings. The van der Waals surface area contributed by atoms with Crippen LogP contribution < -0.4 is 5.32 Å². The van der Waals surface area contributed by atoms with Gasteiger partial charge in [0.2, 0.25) is 5.91 Å². The lowest BCUT2D eigenvalue weighted by Crippen LogP contribution is -2.09. The van der Waals surface area contributed by atoms with Gasteiger partial charge in [0.05, 0.1) is 6.54 Å². The summed E-state index contributed by atoms with van der Waals surface area (Å²) in [6, 6.07) is 1.64. The highest BCUT2D eigenvalue weighted by atomic mass is 16.1. The Morgan fingerprint density at radius 1 is 1.54 bits per heavy atom. The number of ketones is 1. The van der Waals surface area contributed by atoms with E-state index in [0.717, 1.165) is 0 Å². The van der Waals surface area contributed by atoms with Gasteiger partial charge in [-0.15, -0.1) is 0 Å². The molecule has 0 unspecified atom stereocenters. The van der Waals surface area contributed by atoms with E-state index in [-0.39, 0.29) is 18.2 Å². The van der Waals surface area contributed by atoms with Crippen molar-refractivity contribution >= 4 is 17.5 Å². The van der Waals surface area contributed by atoms with Crippen LogP contribution in [0.4, 0.5) is 5.82 Å². The molecule has 0 bridgehead atoms. The number of carbonyl (C=O) groups excluding carboxylic acids is 2. The average Bonchev–Trinajstić information content (AvgIpc) is 2.33. The predicted octanol–water partition coefficient (Wildman–Crippen LogP) is 0.430. The Balaban J connectivity index is 2.63. The molecule has 0 spiro atoms. The van der Waals surface area contributed by atoms with Gasteiger partial charge in [0.25, 0.3) is 0 Å². The van der Waals surface area contributed by atoms with E-state index in [1.807, 2.05) is 0 Å². The van der Waals surface area contributed by atoms with Crippen LogP contribution in [0.3, 0.4) is 0 Å². The molecule has 0 saturated carbocycles. The Morgan fingerprint density at radius 3 is 2.77 bits per heavy atom. The minimum absolute atomic E-state index is 0.0254. The second-order valence-electron chi connectivity index (χ2n) is 2.78. The van der Waals surface area contributed by atoms with Crippen molar-refractivity contribution in [3.8, 4) is 0 Å². The van der Waals surface area contributed by atoms with E-state index in [1.54, 1.807) is 12.3 Å². The van der Waals surface area contributed by atoms with Crippen LogP contribution in [0.5, 0.6) is 0 Å². The summed E-state index contributed by atoms with van der Waals surface area (Å²) in [6.07, 6.45) is 1.65. The third kappa shape index (κ3) is 3.06. The van der Waals surface area contributed by atoms with Crippen molar-refractivity contribution in [3.05, 3.63) is 12.3 Å². The largest absolute Gasteiger partial charge is 0.309 e. The van der Waals surface area contributed by atoms with Crippen molar-refractivity contribution in [3.63, 3.8) is 0 Å². The van der Waals surface area contributed by atoms with Gasteiger partial charge in [-0.1, -0.05) is 0 Å². The van der Waals surface area contributed by atoms with Crippen LogP contribution in [0, 0.1) is 0 Å². The zero-order valence-electron chi connectivity index (χ0n) is 7.57. The van der Waals surface area contributed by atoms with Crippen LogP contribution in [0.15, 0.2) is 12.3 Å². The molecule has 0 aliphatic rings. The van der Waals surface area contributed by atoms with Crippen molar-refractivity contribution in [1.82, 2.24) is 9.78 Å². The maximum Gasteiger partial charge on any atom is 0.222 e. The van der Waals surface area contributed by atoms with Gasteiger partial charge in [-0.05, 0) is 6.92 Å². The van der Waals surface area contributed by atoms with Crippen LogP contribution in [0.25, 0.3) is 0 Å². The van der Waals surface area contributed by atoms with Crippen molar-refractivity contribution < 1.29 is 9.59 Å². The van der Waals surface area contributed by atoms with Crippen LogP contribution >= 0.6 is 0 Å². The van der Waals surface area contributed by atoms with Crippen LogP contribution in [-0.2, 0) is 16.1 Å².